The summed E-state index contributed by atoms with van der Waals surface area (Å²) < 4.78 is 20.6. The van der Waals surface area contributed by atoms with Gasteiger partial charge in [-0.2, -0.15) is 0 Å². The summed E-state index contributed by atoms with van der Waals surface area (Å²) in [5.74, 6) is 1.28. The highest BCUT2D eigenvalue weighted by Gasteiger charge is 2.17. The van der Waals surface area contributed by atoms with Crippen LogP contribution < -0.4 is 19.5 Å². The molecular formula is C22H26ClNO6. The summed E-state index contributed by atoms with van der Waals surface area (Å²) in [6, 6.07) is 10.8. The number of rotatable bonds is 9. The predicted octanol–water partition coefficient (Wildman–Crippen LogP) is 3.43. The van der Waals surface area contributed by atoms with E-state index in [0.29, 0.717) is 11.3 Å². The molecule has 162 valence electrons. The highest BCUT2D eigenvalue weighted by atomic mass is 35.5. The van der Waals surface area contributed by atoms with Gasteiger partial charge in [0.25, 0.3) is 0 Å². The Morgan fingerprint density at radius 3 is 2.60 bits per heavy atom. The molecule has 0 radical (unpaired) electrons. The Bertz CT molecular complexity index is 901. The molecule has 0 saturated carbocycles. The number of Topliss-reactive ketones (excluding diaryl/α,β-unsaturated/α-hetero) is 1. The number of ether oxygens (including phenoxy) is 4. The first-order valence-electron chi connectivity index (χ1n) is 9.43. The van der Waals surface area contributed by atoms with Crippen LogP contribution in [-0.4, -0.2) is 45.4 Å². The molecule has 1 heterocycles. The first kappa shape index (κ1) is 23.5. The molecule has 8 heteroatoms. The largest absolute Gasteiger partial charge is 0.496 e. The fraction of sp³-hybridized carbons (Fsp3) is 0.364. The van der Waals surface area contributed by atoms with Crippen LogP contribution in [0.1, 0.15) is 39.6 Å². The lowest BCUT2D eigenvalue weighted by atomic mass is 10.0. The molecule has 1 aliphatic rings. The summed E-state index contributed by atoms with van der Waals surface area (Å²) in [4.78, 5) is 24.4. The minimum Gasteiger partial charge on any atom is -0.496 e. The zero-order chi connectivity index (χ0) is 20.8. The molecule has 0 aromatic heterocycles. The topological polar surface area (TPSA) is 83.1 Å². The van der Waals surface area contributed by atoms with Crippen molar-refractivity contribution in [3.8, 4) is 17.2 Å². The van der Waals surface area contributed by atoms with E-state index in [9.17, 15) is 9.59 Å². The highest BCUT2D eigenvalue weighted by Crippen LogP contribution is 2.32. The van der Waals surface area contributed by atoms with Crippen molar-refractivity contribution in [2.75, 3.05) is 27.6 Å². The van der Waals surface area contributed by atoms with Crippen LogP contribution in [0.15, 0.2) is 36.4 Å². The highest BCUT2D eigenvalue weighted by molar-refractivity contribution is 6.01. The van der Waals surface area contributed by atoms with E-state index in [1.807, 2.05) is 25.1 Å². The quantitative estimate of drug-likeness (QED) is 0.477. The Morgan fingerprint density at radius 1 is 1.10 bits per heavy atom. The third kappa shape index (κ3) is 5.64. The molecule has 30 heavy (non-hydrogen) atoms. The number of benzene rings is 2. The molecular weight excluding hydrogens is 410 g/mol. The van der Waals surface area contributed by atoms with Crippen LogP contribution in [0.4, 0.5) is 0 Å². The van der Waals surface area contributed by atoms with Gasteiger partial charge >= 0.3 is 5.97 Å². The van der Waals surface area contributed by atoms with E-state index in [1.54, 1.807) is 12.1 Å². The van der Waals surface area contributed by atoms with Crippen molar-refractivity contribution < 1.29 is 28.5 Å². The SMILES string of the molecule is COC(=O)c1cc(C(=O)CNC(C)CCc2ccc3c(c2)OCO3)ccc1OC.Cl. The van der Waals surface area contributed by atoms with Gasteiger partial charge in [0.15, 0.2) is 17.3 Å². The molecule has 0 saturated heterocycles. The van der Waals surface area contributed by atoms with Crippen LogP contribution in [0.3, 0.4) is 0 Å². The van der Waals surface area contributed by atoms with E-state index < -0.39 is 5.97 Å². The Morgan fingerprint density at radius 2 is 1.87 bits per heavy atom. The molecule has 3 rings (SSSR count). The van der Waals surface area contributed by atoms with Crippen molar-refractivity contribution in [3.05, 3.63) is 53.1 Å². The summed E-state index contributed by atoms with van der Waals surface area (Å²) in [7, 11) is 2.76. The van der Waals surface area contributed by atoms with Crippen molar-refractivity contribution >= 4 is 24.2 Å². The number of hydrogen-bond acceptors (Lipinski definition) is 7. The second-order valence-corrected chi connectivity index (χ2v) is 6.84. The zero-order valence-electron chi connectivity index (χ0n) is 17.2. The van der Waals surface area contributed by atoms with Gasteiger partial charge in [0.05, 0.1) is 20.8 Å². The van der Waals surface area contributed by atoms with Crippen LogP contribution in [0.25, 0.3) is 0 Å². The molecule has 1 unspecified atom stereocenters. The summed E-state index contributed by atoms with van der Waals surface area (Å²) in [6.45, 7) is 2.48. The number of aryl methyl sites for hydroxylation is 1. The number of esters is 1. The van der Waals surface area contributed by atoms with Gasteiger partial charge in [0.1, 0.15) is 11.3 Å². The molecule has 2 aromatic rings. The van der Waals surface area contributed by atoms with E-state index in [1.165, 1.54) is 20.3 Å². The normalized spacial score (nSPS) is 12.6. The summed E-state index contributed by atoms with van der Waals surface area (Å²) >= 11 is 0. The van der Waals surface area contributed by atoms with Gasteiger partial charge in [-0.25, -0.2) is 4.79 Å². The predicted molar refractivity (Wildman–Crippen MR) is 114 cm³/mol. The van der Waals surface area contributed by atoms with E-state index >= 15 is 0 Å². The summed E-state index contributed by atoms with van der Waals surface area (Å²) in [5.41, 5.74) is 1.82. The monoisotopic (exact) mass is 435 g/mol. The zero-order valence-corrected chi connectivity index (χ0v) is 18.0. The van der Waals surface area contributed by atoms with Crippen LogP contribution in [0, 0.1) is 0 Å². The maximum absolute atomic E-state index is 12.5. The Kier molecular flexibility index (Phi) is 8.50. The minimum absolute atomic E-state index is 0. The van der Waals surface area contributed by atoms with Crippen LogP contribution in [-0.2, 0) is 11.2 Å². The van der Waals surface area contributed by atoms with Gasteiger partial charge in [-0.15, -0.1) is 12.4 Å². The van der Waals surface area contributed by atoms with Crippen LogP contribution in [0.5, 0.6) is 17.2 Å². The Labute approximate surface area is 182 Å². The summed E-state index contributed by atoms with van der Waals surface area (Å²) in [5, 5.41) is 3.24. The van der Waals surface area contributed by atoms with E-state index in [4.69, 9.17) is 18.9 Å². The third-order valence-corrected chi connectivity index (χ3v) is 4.84. The van der Waals surface area contributed by atoms with Crippen LogP contribution >= 0.6 is 12.4 Å². The maximum Gasteiger partial charge on any atom is 0.341 e. The lowest BCUT2D eigenvalue weighted by Gasteiger charge is -2.14. The fourth-order valence-electron chi connectivity index (χ4n) is 3.10. The average molecular weight is 436 g/mol. The molecule has 0 aliphatic carbocycles. The van der Waals surface area contributed by atoms with Crippen molar-refractivity contribution in [1.29, 1.82) is 0 Å². The Hall–Kier alpha value is -2.77. The number of halogens is 1. The Balaban J connectivity index is 0.00000320. The maximum atomic E-state index is 12.5. The number of carbonyl (C=O) groups is 2. The lowest BCUT2D eigenvalue weighted by Crippen LogP contribution is -2.32. The van der Waals surface area contributed by atoms with Gasteiger partial charge in [-0.1, -0.05) is 6.07 Å². The second kappa shape index (κ2) is 10.8. The molecule has 0 fully saturated rings. The molecule has 1 aliphatic heterocycles. The van der Waals surface area contributed by atoms with Crippen molar-refractivity contribution in [2.45, 2.75) is 25.8 Å². The smallest absolute Gasteiger partial charge is 0.341 e. The molecule has 2 aromatic carbocycles. The minimum atomic E-state index is -0.540. The molecule has 1 N–H and O–H groups in total. The second-order valence-electron chi connectivity index (χ2n) is 6.84. The fourth-order valence-corrected chi connectivity index (χ4v) is 3.10. The number of ketones is 1. The van der Waals surface area contributed by atoms with Crippen molar-refractivity contribution in [1.82, 2.24) is 5.32 Å². The van der Waals surface area contributed by atoms with E-state index in [2.05, 4.69) is 5.32 Å². The molecule has 7 nitrogen and oxygen atoms in total. The van der Waals surface area contributed by atoms with Gasteiger partial charge < -0.3 is 24.3 Å². The standard InChI is InChI=1S/C22H25NO6.ClH/c1-14(4-5-15-6-8-20-21(10-15)29-13-28-20)23-12-18(24)16-7-9-19(26-2)17(11-16)22(25)27-3;/h6-11,14,23H,4-5,12-13H2,1-3H3;1H. The number of hydrogen-bond donors (Lipinski definition) is 1. The third-order valence-electron chi connectivity index (χ3n) is 4.84. The number of fused-ring (bicyclic) bond motifs is 1. The molecule has 0 spiro atoms. The lowest BCUT2D eigenvalue weighted by molar-refractivity contribution is 0.0597. The summed E-state index contributed by atoms with van der Waals surface area (Å²) in [6.07, 6.45) is 1.72. The van der Waals surface area contributed by atoms with Gasteiger partial charge in [0.2, 0.25) is 6.79 Å². The van der Waals surface area contributed by atoms with Crippen molar-refractivity contribution in [2.24, 2.45) is 0 Å². The number of methoxy groups -OCH3 is 2. The number of nitrogens with one attached hydrogen (secondary N) is 1. The molecule has 1 atom stereocenters. The first-order valence-corrected chi connectivity index (χ1v) is 9.43. The number of carbonyl (C=O) groups excluding carboxylic acids is 2. The molecule has 0 amide bonds. The average Bonchev–Trinajstić information content (AvgIpc) is 3.22. The van der Waals surface area contributed by atoms with E-state index in [0.717, 1.165) is 29.9 Å². The van der Waals surface area contributed by atoms with Gasteiger partial charge in [0, 0.05) is 11.6 Å². The van der Waals surface area contributed by atoms with Crippen LogP contribution in [0.2, 0.25) is 0 Å². The van der Waals surface area contributed by atoms with E-state index in [-0.39, 0.29) is 43.1 Å². The molecule has 0 bridgehead atoms. The van der Waals surface area contributed by atoms with Gasteiger partial charge in [-0.05, 0) is 55.7 Å². The first-order chi connectivity index (χ1) is 14.0. The van der Waals surface area contributed by atoms with Gasteiger partial charge in [-0.3, -0.25) is 4.79 Å². The van der Waals surface area contributed by atoms with Crippen molar-refractivity contribution in [3.63, 3.8) is 0 Å².